The molecule has 0 amide bonds. The van der Waals surface area contributed by atoms with E-state index in [0.29, 0.717) is 16.8 Å². The quantitative estimate of drug-likeness (QED) is 0.923. The summed E-state index contributed by atoms with van der Waals surface area (Å²) in [6.45, 7) is 0.762. The summed E-state index contributed by atoms with van der Waals surface area (Å²) in [6, 6.07) is 4.15. The van der Waals surface area contributed by atoms with Gasteiger partial charge in [0.05, 0.1) is 0 Å². The van der Waals surface area contributed by atoms with Crippen molar-refractivity contribution in [2.24, 2.45) is 11.1 Å². The molecule has 0 aliphatic heterocycles. The summed E-state index contributed by atoms with van der Waals surface area (Å²) in [6.07, 6.45) is 3.83. The van der Waals surface area contributed by atoms with Gasteiger partial charge < -0.3 is 4.57 Å². The molecule has 3 rings (SSSR count). The molecular weight excluding hydrogens is 255 g/mol. The predicted molar refractivity (Wildman–Crippen MR) is 66.0 cm³/mol. The summed E-state index contributed by atoms with van der Waals surface area (Å²) in [7, 11) is -3.83. The highest BCUT2D eigenvalue weighted by atomic mass is 32.2. The standard InChI is InChI=1S/C12H13FN2O2S/c13-9-3-4-11-10(5-9)12(18(14,16)17)7-15(11)6-8-1-2-8/h3-5,7-8H,1-2,6H2,(H2,14,16,17). The highest BCUT2D eigenvalue weighted by molar-refractivity contribution is 7.89. The number of nitrogens with two attached hydrogens (primary N) is 1. The van der Waals surface area contributed by atoms with Crippen molar-refractivity contribution in [1.29, 1.82) is 0 Å². The van der Waals surface area contributed by atoms with Crippen LogP contribution in [0, 0.1) is 11.7 Å². The molecule has 4 nitrogen and oxygen atoms in total. The maximum absolute atomic E-state index is 13.2. The van der Waals surface area contributed by atoms with Gasteiger partial charge in [-0.2, -0.15) is 0 Å². The number of sulfonamides is 1. The molecule has 1 aliphatic carbocycles. The first-order valence-corrected chi connectivity index (χ1v) is 7.31. The maximum atomic E-state index is 13.2. The van der Waals surface area contributed by atoms with Crippen LogP contribution in [-0.2, 0) is 16.6 Å². The normalized spacial score (nSPS) is 16.3. The van der Waals surface area contributed by atoms with Crippen LogP contribution in [0.5, 0.6) is 0 Å². The van der Waals surface area contributed by atoms with Crippen LogP contribution in [0.1, 0.15) is 12.8 Å². The third-order valence-corrected chi connectivity index (χ3v) is 4.20. The largest absolute Gasteiger partial charge is 0.346 e. The highest BCUT2D eigenvalue weighted by Gasteiger charge is 2.24. The van der Waals surface area contributed by atoms with Crippen molar-refractivity contribution in [1.82, 2.24) is 4.57 Å². The Morgan fingerprint density at radius 2 is 2.11 bits per heavy atom. The zero-order valence-electron chi connectivity index (χ0n) is 9.64. The van der Waals surface area contributed by atoms with Gasteiger partial charge in [0, 0.05) is 23.6 Å². The fourth-order valence-corrected chi connectivity index (χ4v) is 2.94. The van der Waals surface area contributed by atoms with Gasteiger partial charge in [-0.25, -0.2) is 17.9 Å². The summed E-state index contributed by atoms with van der Waals surface area (Å²) >= 11 is 0. The molecular formula is C12H13FN2O2S. The fraction of sp³-hybridized carbons (Fsp3) is 0.333. The minimum Gasteiger partial charge on any atom is -0.346 e. The van der Waals surface area contributed by atoms with Gasteiger partial charge in [0.2, 0.25) is 10.0 Å². The average molecular weight is 268 g/mol. The third-order valence-electron chi connectivity index (χ3n) is 3.26. The number of primary sulfonamides is 1. The fourth-order valence-electron chi connectivity index (χ4n) is 2.19. The Balaban J connectivity index is 2.24. The SMILES string of the molecule is NS(=O)(=O)c1cn(CC2CC2)c2ccc(F)cc12. The van der Waals surface area contributed by atoms with Crippen LogP contribution in [0.4, 0.5) is 4.39 Å². The van der Waals surface area contributed by atoms with Crippen LogP contribution in [-0.4, -0.2) is 13.0 Å². The van der Waals surface area contributed by atoms with E-state index < -0.39 is 15.8 Å². The lowest BCUT2D eigenvalue weighted by molar-refractivity contribution is 0.596. The molecule has 96 valence electrons. The van der Waals surface area contributed by atoms with Crippen LogP contribution in [0.2, 0.25) is 0 Å². The minimum absolute atomic E-state index is 0.00218. The Morgan fingerprint density at radius 1 is 1.39 bits per heavy atom. The number of halogens is 1. The maximum Gasteiger partial charge on any atom is 0.240 e. The molecule has 0 spiro atoms. The van der Waals surface area contributed by atoms with Crippen LogP contribution in [0.25, 0.3) is 10.9 Å². The lowest BCUT2D eigenvalue weighted by Gasteiger charge is -2.02. The van der Waals surface area contributed by atoms with Crippen LogP contribution in [0.15, 0.2) is 29.3 Å². The van der Waals surface area contributed by atoms with E-state index >= 15 is 0 Å². The van der Waals surface area contributed by atoms with E-state index in [-0.39, 0.29) is 4.90 Å². The monoisotopic (exact) mass is 268 g/mol. The number of rotatable bonds is 3. The highest BCUT2D eigenvalue weighted by Crippen LogP contribution is 2.33. The van der Waals surface area contributed by atoms with Crippen LogP contribution < -0.4 is 5.14 Å². The van der Waals surface area contributed by atoms with Gasteiger partial charge in [-0.05, 0) is 37.0 Å². The molecule has 0 bridgehead atoms. The van der Waals surface area contributed by atoms with Crippen molar-refractivity contribution in [2.75, 3.05) is 0 Å². The number of hydrogen-bond donors (Lipinski definition) is 1. The van der Waals surface area contributed by atoms with Gasteiger partial charge in [-0.3, -0.25) is 0 Å². The molecule has 18 heavy (non-hydrogen) atoms. The van der Waals surface area contributed by atoms with Crippen molar-refractivity contribution < 1.29 is 12.8 Å². The van der Waals surface area contributed by atoms with E-state index in [9.17, 15) is 12.8 Å². The van der Waals surface area contributed by atoms with Crippen LogP contribution >= 0.6 is 0 Å². The average Bonchev–Trinajstić information content (AvgIpc) is 2.99. The van der Waals surface area contributed by atoms with Crippen molar-refractivity contribution in [3.63, 3.8) is 0 Å². The Kier molecular flexibility index (Phi) is 2.46. The second-order valence-electron chi connectivity index (χ2n) is 4.80. The Bertz CT molecular complexity index is 717. The summed E-state index contributed by atoms with van der Waals surface area (Å²) in [5, 5.41) is 5.53. The van der Waals surface area contributed by atoms with Crippen molar-refractivity contribution in [3.05, 3.63) is 30.2 Å². The first kappa shape index (κ1) is 11.7. The Hall–Kier alpha value is -1.40. The van der Waals surface area contributed by atoms with Crippen molar-refractivity contribution >= 4 is 20.9 Å². The third kappa shape index (κ3) is 2.02. The van der Waals surface area contributed by atoms with E-state index in [1.54, 1.807) is 6.07 Å². The van der Waals surface area contributed by atoms with Gasteiger partial charge >= 0.3 is 0 Å². The molecule has 1 aromatic heterocycles. The van der Waals surface area contributed by atoms with Gasteiger partial charge in [0.25, 0.3) is 0 Å². The molecule has 1 fully saturated rings. The first-order chi connectivity index (χ1) is 8.45. The molecule has 0 radical (unpaired) electrons. The second-order valence-corrected chi connectivity index (χ2v) is 6.33. The molecule has 1 saturated carbocycles. The van der Waals surface area contributed by atoms with Crippen molar-refractivity contribution in [3.8, 4) is 0 Å². The molecule has 1 aromatic carbocycles. The van der Waals surface area contributed by atoms with Gasteiger partial charge in [-0.15, -0.1) is 0 Å². The van der Waals surface area contributed by atoms with Gasteiger partial charge in [-0.1, -0.05) is 0 Å². The van der Waals surface area contributed by atoms with Gasteiger partial charge in [0.1, 0.15) is 10.7 Å². The lowest BCUT2D eigenvalue weighted by atomic mass is 10.2. The molecule has 6 heteroatoms. The molecule has 2 N–H and O–H groups in total. The number of hydrogen-bond acceptors (Lipinski definition) is 2. The second kappa shape index (κ2) is 3.80. The summed E-state index contributed by atoms with van der Waals surface area (Å²) < 4.78 is 38.1. The number of benzene rings is 1. The molecule has 1 heterocycles. The lowest BCUT2D eigenvalue weighted by Crippen LogP contribution is -2.11. The number of fused-ring (bicyclic) bond motifs is 1. The zero-order valence-corrected chi connectivity index (χ0v) is 10.5. The smallest absolute Gasteiger partial charge is 0.240 e. The summed E-state index contributed by atoms with van der Waals surface area (Å²) in [5.41, 5.74) is 0.715. The van der Waals surface area contributed by atoms with E-state index in [1.807, 2.05) is 4.57 Å². The zero-order chi connectivity index (χ0) is 12.9. The summed E-state index contributed by atoms with van der Waals surface area (Å²) in [5.74, 6) is 0.135. The number of aromatic nitrogens is 1. The molecule has 1 aliphatic rings. The van der Waals surface area contributed by atoms with E-state index in [0.717, 1.165) is 19.4 Å². The molecule has 0 atom stereocenters. The van der Waals surface area contributed by atoms with Crippen LogP contribution in [0.3, 0.4) is 0 Å². The molecule has 0 saturated heterocycles. The van der Waals surface area contributed by atoms with E-state index in [1.165, 1.54) is 18.3 Å². The minimum atomic E-state index is -3.83. The number of nitrogens with zero attached hydrogens (tertiary/aromatic N) is 1. The van der Waals surface area contributed by atoms with E-state index in [4.69, 9.17) is 5.14 Å². The summed E-state index contributed by atoms with van der Waals surface area (Å²) in [4.78, 5) is -0.00218. The first-order valence-electron chi connectivity index (χ1n) is 5.76. The Morgan fingerprint density at radius 3 is 2.72 bits per heavy atom. The molecule has 2 aromatic rings. The van der Waals surface area contributed by atoms with Crippen molar-refractivity contribution in [2.45, 2.75) is 24.3 Å². The van der Waals surface area contributed by atoms with E-state index in [2.05, 4.69) is 0 Å². The van der Waals surface area contributed by atoms with Gasteiger partial charge in [0.15, 0.2) is 0 Å². The topological polar surface area (TPSA) is 65.1 Å². The Labute approximate surface area is 104 Å². The predicted octanol–water partition coefficient (Wildman–Crippen LogP) is 1.84. The molecule has 0 unspecified atom stereocenters.